The molecule has 0 aromatic carbocycles. The molecule has 170 valence electrons. The highest BCUT2D eigenvalue weighted by Crippen LogP contribution is 2.79. The second-order valence-corrected chi connectivity index (χ2v) is 11.3. The topological polar surface area (TPSA) is 71.4 Å². The van der Waals surface area contributed by atoms with E-state index in [4.69, 9.17) is 14.2 Å². The summed E-state index contributed by atoms with van der Waals surface area (Å²) in [4.78, 5) is 2.67. The molecule has 1 saturated heterocycles. The Bertz CT molecular complexity index is 720. The number of hydrogen-bond acceptors (Lipinski definition) is 6. The van der Waals surface area contributed by atoms with Crippen LogP contribution in [0.4, 0.5) is 0 Å². The van der Waals surface area contributed by atoms with E-state index in [1.165, 1.54) is 0 Å². The Labute approximate surface area is 180 Å². The van der Waals surface area contributed by atoms with Crippen molar-refractivity contribution in [3.8, 4) is 0 Å². The fourth-order valence-corrected chi connectivity index (χ4v) is 10.7. The smallest absolute Gasteiger partial charge is 0.0802 e. The molecule has 6 fully saturated rings. The van der Waals surface area contributed by atoms with Crippen molar-refractivity contribution < 1.29 is 24.4 Å². The van der Waals surface area contributed by atoms with Crippen LogP contribution in [0.25, 0.3) is 0 Å². The van der Waals surface area contributed by atoms with E-state index in [2.05, 4.69) is 11.8 Å². The Balaban J connectivity index is 1.61. The van der Waals surface area contributed by atoms with Crippen LogP contribution in [-0.2, 0) is 14.2 Å². The summed E-state index contributed by atoms with van der Waals surface area (Å²) >= 11 is 0. The molecular weight excluding hydrogens is 382 g/mol. The minimum absolute atomic E-state index is 0.000283. The lowest BCUT2D eigenvalue weighted by molar-refractivity contribution is -0.280. The molecule has 6 heteroatoms. The van der Waals surface area contributed by atoms with E-state index in [0.717, 1.165) is 45.2 Å². The van der Waals surface area contributed by atoms with Crippen LogP contribution in [0.15, 0.2) is 0 Å². The molecule has 30 heavy (non-hydrogen) atoms. The zero-order chi connectivity index (χ0) is 21.1. The molecule has 7 bridgehead atoms. The van der Waals surface area contributed by atoms with E-state index in [-0.39, 0.29) is 53.2 Å². The van der Waals surface area contributed by atoms with Crippen molar-refractivity contribution in [3.05, 3.63) is 0 Å². The number of ether oxygens (including phenoxy) is 3. The molecule has 5 aliphatic carbocycles. The number of aliphatic hydroxyl groups is 2. The Hall–Kier alpha value is -0.240. The summed E-state index contributed by atoms with van der Waals surface area (Å²) in [6, 6.07) is 0.403. The van der Waals surface area contributed by atoms with Crippen LogP contribution < -0.4 is 0 Å². The van der Waals surface area contributed by atoms with Gasteiger partial charge in [0.15, 0.2) is 0 Å². The first-order chi connectivity index (χ1) is 14.5. The summed E-state index contributed by atoms with van der Waals surface area (Å²) in [6.45, 7) is 4.50. The molecule has 6 nitrogen and oxygen atoms in total. The maximum Gasteiger partial charge on any atom is 0.0802 e. The molecule has 0 aromatic heterocycles. The summed E-state index contributed by atoms with van der Waals surface area (Å²) in [7, 11) is 5.55. The minimum atomic E-state index is -0.370. The molecule has 6 rings (SSSR count). The van der Waals surface area contributed by atoms with E-state index in [9.17, 15) is 10.2 Å². The Morgan fingerprint density at radius 3 is 2.53 bits per heavy atom. The van der Waals surface area contributed by atoms with Gasteiger partial charge >= 0.3 is 0 Å². The highest BCUT2D eigenvalue weighted by molar-refractivity contribution is 5.33. The lowest BCUT2D eigenvalue weighted by Gasteiger charge is -2.69. The number of fused-ring (bicyclic) bond motifs is 2. The van der Waals surface area contributed by atoms with Crippen LogP contribution in [0.2, 0.25) is 0 Å². The molecule has 2 N–H and O–H groups in total. The van der Waals surface area contributed by atoms with Crippen molar-refractivity contribution in [1.29, 1.82) is 0 Å². The first kappa shape index (κ1) is 20.4. The monoisotopic (exact) mass is 421 g/mol. The summed E-state index contributed by atoms with van der Waals surface area (Å²) in [5.74, 6) is 1.48. The second kappa shape index (κ2) is 6.42. The highest BCUT2D eigenvalue weighted by Gasteiger charge is 2.83. The van der Waals surface area contributed by atoms with Crippen LogP contribution in [0, 0.1) is 40.4 Å². The third kappa shape index (κ3) is 1.92. The number of hydrogen-bond donors (Lipinski definition) is 2. The first-order valence-electron chi connectivity index (χ1n) is 12.1. The molecule has 1 heterocycles. The largest absolute Gasteiger partial charge is 0.396 e. The summed E-state index contributed by atoms with van der Waals surface area (Å²) in [6.07, 6.45) is 4.89. The van der Waals surface area contributed by atoms with Crippen molar-refractivity contribution >= 4 is 0 Å². The van der Waals surface area contributed by atoms with E-state index in [0.29, 0.717) is 23.8 Å². The molecule has 5 saturated carbocycles. The fraction of sp³-hybridized carbons (Fsp3) is 1.00. The zero-order valence-corrected chi connectivity index (χ0v) is 18.9. The van der Waals surface area contributed by atoms with Crippen molar-refractivity contribution in [2.75, 3.05) is 41.0 Å². The molecule has 4 unspecified atom stereocenters. The summed E-state index contributed by atoms with van der Waals surface area (Å²) < 4.78 is 18.8. The van der Waals surface area contributed by atoms with Crippen LogP contribution in [0.3, 0.4) is 0 Å². The molecule has 1 aliphatic heterocycles. The lowest BCUT2D eigenvalue weighted by atomic mass is 9.43. The van der Waals surface area contributed by atoms with Gasteiger partial charge in [-0.2, -0.15) is 0 Å². The third-order valence-corrected chi connectivity index (χ3v) is 11.4. The zero-order valence-electron chi connectivity index (χ0n) is 18.9. The summed E-state index contributed by atoms with van der Waals surface area (Å²) in [5, 5.41) is 22.3. The number of rotatable bonds is 5. The molecule has 0 radical (unpaired) electrons. The van der Waals surface area contributed by atoms with Gasteiger partial charge in [0.1, 0.15) is 0 Å². The highest BCUT2D eigenvalue weighted by atomic mass is 16.5. The van der Waals surface area contributed by atoms with E-state index in [1.54, 1.807) is 7.11 Å². The van der Waals surface area contributed by atoms with Crippen molar-refractivity contribution in [2.45, 2.75) is 69.0 Å². The number of nitrogens with zero attached hydrogens (tertiary/aromatic N) is 1. The summed E-state index contributed by atoms with van der Waals surface area (Å²) in [5.41, 5.74) is -0.393. The van der Waals surface area contributed by atoms with Gasteiger partial charge in [-0.15, -0.1) is 0 Å². The van der Waals surface area contributed by atoms with Crippen LogP contribution in [0.5, 0.6) is 0 Å². The SMILES string of the molecule is CCN1C[C@]2(CO)CC[C@H](OC)[C@@]34C5C[C@@H]6[C@@H](OC)C[C@@](OC)(C5[C@H]6O)C(CC23)[C@@H]14. The van der Waals surface area contributed by atoms with Crippen molar-refractivity contribution in [1.82, 2.24) is 4.90 Å². The fourth-order valence-electron chi connectivity index (χ4n) is 10.7. The molecule has 0 amide bonds. The quantitative estimate of drug-likeness (QED) is 0.702. The number of aliphatic hydroxyl groups excluding tert-OH is 2. The van der Waals surface area contributed by atoms with Crippen molar-refractivity contribution in [3.63, 3.8) is 0 Å². The Morgan fingerprint density at radius 1 is 1.10 bits per heavy atom. The van der Waals surface area contributed by atoms with Gasteiger partial charge in [-0.1, -0.05) is 6.92 Å². The van der Waals surface area contributed by atoms with Crippen molar-refractivity contribution in [2.24, 2.45) is 40.4 Å². The third-order valence-electron chi connectivity index (χ3n) is 11.4. The number of piperidine rings is 1. The average Bonchev–Trinajstić information content (AvgIpc) is 3.17. The van der Waals surface area contributed by atoms with Gasteiger partial charge in [0.2, 0.25) is 0 Å². The molecular formula is C24H39NO5. The van der Waals surface area contributed by atoms with Gasteiger partial charge in [0.05, 0.1) is 30.5 Å². The number of methoxy groups -OCH3 is 3. The maximum atomic E-state index is 11.6. The second-order valence-electron chi connectivity index (χ2n) is 11.3. The first-order valence-corrected chi connectivity index (χ1v) is 12.1. The molecule has 1 spiro atoms. The van der Waals surface area contributed by atoms with E-state index in [1.807, 2.05) is 14.2 Å². The van der Waals surface area contributed by atoms with Gasteiger partial charge in [-0.25, -0.2) is 0 Å². The van der Waals surface area contributed by atoms with Crippen LogP contribution in [0.1, 0.15) is 39.0 Å². The molecule has 0 aromatic rings. The van der Waals surface area contributed by atoms with E-state index >= 15 is 0 Å². The van der Waals surface area contributed by atoms with Gasteiger partial charge in [-0.05, 0) is 44.1 Å². The standard InChI is InChI=1S/C24H39NO5/c1-5-25-11-22(12-26)7-6-18(29-3)24-14-8-13-16(28-2)10-23(30-4,19(14)20(13)27)15(21(24)25)9-17(22)24/h13-21,26-27H,5-12H2,1-4H3/t13-,14?,15?,16+,17?,18+,19?,20+,21-,22+,23+,24-/m1/s1. The van der Waals surface area contributed by atoms with Gasteiger partial charge in [0.25, 0.3) is 0 Å². The predicted molar refractivity (Wildman–Crippen MR) is 111 cm³/mol. The Morgan fingerprint density at radius 2 is 1.90 bits per heavy atom. The van der Waals surface area contributed by atoms with Crippen LogP contribution in [-0.4, -0.2) is 86.1 Å². The lowest BCUT2D eigenvalue weighted by Crippen LogP contribution is -2.76. The molecule has 12 atom stereocenters. The molecule has 6 aliphatic rings. The number of likely N-dealkylation sites (tertiary alicyclic amines) is 1. The maximum absolute atomic E-state index is 11.6. The predicted octanol–water partition coefficient (Wildman–Crippen LogP) is 1.53. The average molecular weight is 422 g/mol. The van der Waals surface area contributed by atoms with Crippen LogP contribution >= 0.6 is 0 Å². The minimum Gasteiger partial charge on any atom is -0.396 e. The Kier molecular flexibility index (Phi) is 4.36. The van der Waals surface area contributed by atoms with Gasteiger partial charge in [-0.3, -0.25) is 4.90 Å². The normalized spacial score (nSPS) is 60.8. The van der Waals surface area contributed by atoms with Gasteiger partial charge < -0.3 is 24.4 Å². The van der Waals surface area contributed by atoms with E-state index < -0.39 is 0 Å². The van der Waals surface area contributed by atoms with Gasteiger partial charge in [0, 0.05) is 68.9 Å².